The predicted molar refractivity (Wildman–Crippen MR) is 209 cm³/mol. The van der Waals surface area contributed by atoms with Crippen LogP contribution in [0.2, 0.25) is 0 Å². The summed E-state index contributed by atoms with van der Waals surface area (Å²) in [6, 6.07) is 24.3. The fourth-order valence-electron chi connectivity index (χ4n) is 6.25. The van der Waals surface area contributed by atoms with E-state index >= 15 is 0 Å². The first-order valence-electron chi connectivity index (χ1n) is 17.7. The van der Waals surface area contributed by atoms with Crippen LogP contribution in [-0.4, -0.2) is 80.2 Å². The molecule has 0 fully saturated rings. The van der Waals surface area contributed by atoms with Crippen LogP contribution in [0.4, 0.5) is 0 Å². The van der Waals surface area contributed by atoms with Crippen LogP contribution in [0, 0.1) is 6.92 Å². The van der Waals surface area contributed by atoms with Gasteiger partial charge in [-0.3, -0.25) is 58.0 Å². The van der Waals surface area contributed by atoms with Gasteiger partial charge in [0.25, 0.3) is 47.3 Å². The van der Waals surface area contributed by atoms with Crippen molar-refractivity contribution in [2.75, 3.05) is 13.3 Å². The zero-order valence-electron chi connectivity index (χ0n) is 31.2. The average Bonchev–Trinajstić information content (AvgIpc) is 3.83. The van der Waals surface area contributed by atoms with Crippen LogP contribution in [0.1, 0.15) is 80.8 Å². The molecule has 4 aromatic rings. The number of hydrogen-bond donors (Lipinski definition) is 0. The van der Waals surface area contributed by atoms with Crippen molar-refractivity contribution >= 4 is 47.3 Å². The first kappa shape index (κ1) is 40.2. The topological polar surface area (TPSA) is 168 Å². The van der Waals surface area contributed by atoms with Crippen molar-refractivity contribution in [3.05, 3.63) is 143 Å². The van der Waals surface area contributed by atoms with Crippen molar-refractivity contribution in [2.45, 2.75) is 40.5 Å². The Kier molecular flexibility index (Phi) is 10.8. The molecule has 294 valence electrons. The molecule has 14 nitrogen and oxygen atoms in total. The number of aryl methyl sites for hydroxylation is 1. The third-order valence-electron chi connectivity index (χ3n) is 9.46. The van der Waals surface area contributed by atoms with Crippen molar-refractivity contribution in [3.8, 4) is 23.0 Å². The zero-order valence-corrected chi connectivity index (χ0v) is 31.2. The van der Waals surface area contributed by atoms with E-state index in [4.69, 9.17) is 9.47 Å². The largest absolute Gasteiger partial charge is 0.457 e. The maximum Gasteiger partial charge on any atom is 0.263 e. The maximum atomic E-state index is 12.7. The Morgan fingerprint density at radius 1 is 0.431 bits per heavy atom. The minimum Gasteiger partial charge on any atom is -0.457 e. The Labute approximate surface area is 333 Å². The van der Waals surface area contributed by atoms with Crippen LogP contribution in [0.25, 0.3) is 0 Å². The van der Waals surface area contributed by atoms with Crippen LogP contribution in [-0.2, 0) is 24.6 Å². The second-order valence-electron chi connectivity index (χ2n) is 14.4. The van der Waals surface area contributed by atoms with Gasteiger partial charge in [0.15, 0.2) is 0 Å². The summed E-state index contributed by atoms with van der Waals surface area (Å²) in [5.41, 5.74) is 3.06. The van der Waals surface area contributed by atoms with Crippen molar-refractivity contribution < 1.29 is 47.8 Å². The molecule has 4 aliphatic rings. The Bertz CT molecular complexity index is 2440. The normalized spacial score (nSPS) is 15.6. The highest BCUT2D eigenvalue weighted by Gasteiger charge is 2.40. The summed E-state index contributed by atoms with van der Waals surface area (Å²) in [5.74, 6) is -2.44. The second-order valence-corrected chi connectivity index (χ2v) is 14.4. The monoisotopic (exact) mass is 782 g/mol. The summed E-state index contributed by atoms with van der Waals surface area (Å²) in [5, 5.41) is 0. The van der Waals surface area contributed by atoms with Crippen molar-refractivity contribution in [1.29, 1.82) is 0 Å². The minimum absolute atomic E-state index is 0. The number of amides is 8. The number of nitrogens with zero attached hydrogens (tertiary/aromatic N) is 4. The first-order chi connectivity index (χ1) is 27.1. The molecular formula is C44H38N4O10. The van der Waals surface area contributed by atoms with Gasteiger partial charge < -0.3 is 9.47 Å². The molecule has 14 heteroatoms. The van der Waals surface area contributed by atoms with E-state index in [1.54, 1.807) is 24.3 Å². The number of rotatable bonds is 8. The molecule has 0 spiro atoms. The van der Waals surface area contributed by atoms with Crippen molar-refractivity contribution in [2.24, 2.45) is 0 Å². The van der Waals surface area contributed by atoms with E-state index in [0.717, 1.165) is 49.5 Å². The highest BCUT2D eigenvalue weighted by atomic mass is 16.5. The molecule has 4 aromatic carbocycles. The van der Waals surface area contributed by atoms with Crippen molar-refractivity contribution in [3.63, 3.8) is 0 Å². The third kappa shape index (κ3) is 7.80. The van der Waals surface area contributed by atoms with Crippen LogP contribution in [0.3, 0.4) is 0 Å². The van der Waals surface area contributed by atoms with Gasteiger partial charge >= 0.3 is 0 Å². The Hall–Kier alpha value is -7.48. The fraction of sp³-hybridized carbons (Fsp3) is 0.182. The van der Waals surface area contributed by atoms with E-state index in [2.05, 4.69) is 20.8 Å². The molecule has 0 N–H and O–H groups in total. The van der Waals surface area contributed by atoms with Gasteiger partial charge in [-0.05, 0) is 78.6 Å². The lowest BCUT2D eigenvalue weighted by Gasteiger charge is -2.20. The molecule has 0 unspecified atom stereocenters. The highest BCUT2D eigenvalue weighted by Crippen LogP contribution is 2.32. The molecule has 0 atom stereocenters. The fourth-order valence-corrected chi connectivity index (χ4v) is 6.25. The molecule has 4 aliphatic heterocycles. The number of imide groups is 4. The molecule has 0 bridgehead atoms. The number of carbonyl (C=O) groups excluding carboxylic acids is 8. The zero-order chi connectivity index (χ0) is 40.8. The Morgan fingerprint density at radius 2 is 0.759 bits per heavy atom. The molecule has 0 saturated heterocycles. The van der Waals surface area contributed by atoms with Gasteiger partial charge in [0.1, 0.15) is 36.3 Å². The summed E-state index contributed by atoms with van der Waals surface area (Å²) in [4.78, 5) is 101. The molecule has 8 amide bonds. The molecule has 0 aromatic heterocycles. The van der Waals surface area contributed by atoms with Gasteiger partial charge in [-0.15, -0.1) is 0 Å². The summed E-state index contributed by atoms with van der Waals surface area (Å²) in [6.45, 7) is 7.50. The van der Waals surface area contributed by atoms with Gasteiger partial charge in [0.2, 0.25) is 0 Å². The van der Waals surface area contributed by atoms with Gasteiger partial charge in [-0.1, -0.05) is 58.0 Å². The van der Waals surface area contributed by atoms with E-state index in [1.165, 1.54) is 29.8 Å². The summed E-state index contributed by atoms with van der Waals surface area (Å²) in [6.07, 6.45) is 4.43. The first-order valence-corrected chi connectivity index (χ1v) is 17.7. The lowest BCUT2D eigenvalue weighted by molar-refractivity contribution is -0.139. The molecule has 0 saturated carbocycles. The summed E-state index contributed by atoms with van der Waals surface area (Å²) >= 11 is 0. The van der Waals surface area contributed by atoms with E-state index in [1.807, 2.05) is 43.3 Å². The van der Waals surface area contributed by atoms with Crippen LogP contribution in [0.5, 0.6) is 23.0 Å². The number of hydrogen-bond acceptors (Lipinski definition) is 10. The SMILES string of the molecule is C.CC(C)(C)c1ccc(Oc2ccc3c(c2)C(=O)N(CN2C(=O)C=CC2=O)C3=O)cc1.Cc1ccc(Oc2ccc3c(c2)C(=O)N(CN2C(=O)C=CC2=O)C3=O)cc1. The molecule has 4 heterocycles. The summed E-state index contributed by atoms with van der Waals surface area (Å²) in [7, 11) is 0. The molecule has 0 aliphatic carbocycles. The van der Waals surface area contributed by atoms with Gasteiger partial charge in [-0.2, -0.15) is 0 Å². The van der Waals surface area contributed by atoms with Gasteiger partial charge in [0, 0.05) is 24.3 Å². The van der Waals surface area contributed by atoms with Gasteiger partial charge in [0.05, 0.1) is 22.3 Å². The van der Waals surface area contributed by atoms with E-state index < -0.39 is 60.6 Å². The Balaban J connectivity index is 0.000000193. The minimum atomic E-state index is -0.573. The quantitative estimate of drug-likeness (QED) is 0.189. The Morgan fingerprint density at radius 3 is 1.12 bits per heavy atom. The van der Waals surface area contributed by atoms with Crippen LogP contribution < -0.4 is 9.47 Å². The molecular weight excluding hydrogens is 745 g/mol. The number of benzene rings is 4. The lowest BCUT2D eigenvalue weighted by atomic mass is 9.87. The van der Waals surface area contributed by atoms with Crippen LogP contribution >= 0.6 is 0 Å². The van der Waals surface area contributed by atoms with Crippen molar-refractivity contribution in [1.82, 2.24) is 19.6 Å². The van der Waals surface area contributed by atoms with E-state index in [9.17, 15) is 38.4 Å². The number of fused-ring (bicyclic) bond motifs is 2. The maximum absolute atomic E-state index is 12.7. The van der Waals surface area contributed by atoms with Crippen LogP contribution in [0.15, 0.2) is 109 Å². The number of carbonyl (C=O) groups is 8. The van der Waals surface area contributed by atoms with E-state index in [-0.39, 0.29) is 35.1 Å². The predicted octanol–water partition coefficient (Wildman–Crippen LogP) is 6.16. The highest BCUT2D eigenvalue weighted by molar-refractivity contribution is 6.23. The smallest absolute Gasteiger partial charge is 0.263 e. The second kappa shape index (κ2) is 15.6. The molecule has 8 rings (SSSR count). The molecule has 0 radical (unpaired) electrons. The standard InChI is InChI=1S/C23H20N2O5.C20H14N2O5.CH4/c1-23(2,3)14-4-6-15(7-5-14)30-16-8-9-17-18(12-16)22(29)25(21(17)28)13-24-19(26)10-11-20(24)27;1-12-2-4-13(5-3-12)27-14-6-7-15-16(10-14)20(26)22(19(15)25)11-21-17(23)8-9-18(21)24;/h4-12H,13H2,1-3H3;2-10H,11H2,1H3;1H4. The summed E-state index contributed by atoms with van der Waals surface area (Å²) < 4.78 is 11.6. The van der Waals surface area contributed by atoms with E-state index in [0.29, 0.717) is 23.0 Å². The van der Waals surface area contributed by atoms with Gasteiger partial charge in [-0.25, -0.2) is 0 Å². The lowest BCUT2D eigenvalue weighted by Crippen LogP contribution is -2.43. The molecule has 58 heavy (non-hydrogen) atoms. The number of ether oxygens (including phenoxy) is 2. The third-order valence-corrected chi connectivity index (χ3v) is 9.46. The average molecular weight is 783 g/mol.